The number of amides is 2. The summed E-state index contributed by atoms with van der Waals surface area (Å²) < 4.78 is 1.59. The zero-order valence-electron chi connectivity index (χ0n) is 17.6. The zero-order valence-corrected chi connectivity index (χ0v) is 18.5. The second-order valence-corrected chi connectivity index (χ2v) is 9.02. The van der Waals surface area contributed by atoms with Gasteiger partial charge in [-0.25, -0.2) is 4.68 Å². The predicted molar refractivity (Wildman–Crippen MR) is 124 cm³/mol. The van der Waals surface area contributed by atoms with Gasteiger partial charge in [0.05, 0.1) is 5.52 Å². The summed E-state index contributed by atoms with van der Waals surface area (Å²) in [6.07, 6.45) is 1.96. The van der Waals surface area contributed by atoms with Crippen molar-refractivity contribution in [3.05, 3.63) is 76.5 Å². The summed E-state index contributed by atoms with van der Waals surface area (Å²) in [6.45, 7) is 1.95. The third-order valence-corrected chi connectivity index (χ3v) is 6.42. The normalized spacial score (nSPS) is 14.3. The van der Waals surface area contributed by atoms with E-state index in [2.05, 4.69) is 15.6 Å². The molecule has 32 heavy (non-hydrogen) atoms. The Morgan fingerprint density at radius 3 is 2.75 bits per heavy atom. The van der Waals surface area contributed by atoms with Crippen LogP contribution in [-0.2, 0) is 16.1 Å². The average molecular weight is 446 g/mol. The number of aromatic nitrogens is 3. The molecule has 4 aromatic rings. The number of rotatable bonds is 7. The largest absolute Gasteiger partial charge is 0.351 e. The van der Waals surface area contributed by atoms with Crippen molar-refractivity contribution in [2.24, 2.45) is 0 Å². The van der Waals surface area contributed by atoms with Crippen LogP contribution in [0.3, 0.4) is 0 Å². The number of hydrogen-bond donors (Lipinski definition) is 1. The highest BCUT2D eigenvalue weighted by Gasteiger charge is 2.36. The first-order valence-corrected chi connectivity index (χ1v) is 11.5. The maximum Gasteiger partial charge on any atom is 0.249 e. The Morgan fingerprint density at radius 2 is 2.00 bits per heavy atom. The topological polar surface area (TPSA) is 80.1 Å². The van der Waals surface area contributed by atoms with E-state index in [1.54, 1.807) is 9.58 Å². The van der Waals surface area contributed by atoms with Crippen molar-refractivity contribution in [2.75, 3.05) is 4.90 Å². The molecule has 8 heteroatoms. The molecule has 0 radical (unpaired) electrons. The number of para-hydroxylation sites is 1. The first kappa shape index (κ1) is 20.4. The van der Waals surface area contributed by atoms with Crippen molar-refractivity contribution in [3.63, 3.8) is 0 Å². The van der Waals surface area contributed by atoms with Crippen LogP contribution in [0.2, 0.25) is 0 Å². The molecular weight excluding hydrogens is 422 g/mol. The van der Waals surface area contributed by atoms with Gasteiger partial charge in [0.2, 0.25) is 11.8 Å². The summed E-state index contributed by atoms with van der Waals surface area (Å²) in [5.74, 6) is -0.385. The number of fused-ring (bicyclic) bond motifs is 1. The quantitative estimate of drug-likeness (QED) is 0.469. The molecule has 1 unspecified atom stereocenters. The second-order valence-electron chi connectivity index (χ2n) is 8.04. The number of carbonyl (C=O) groups excluding carboxylic acids is 2. The maximum atomic E-state index is 13.8. The average Bonchev–Trinajstić information content (AvgIpc) is 3.27. The van der Waals surface area contributed by atoms with Crippen LogP contribution < -0.4 is 10.2 Å². The van der Waals surface area contributed by atoms with Gasteiger partial charge in [-0.3, -0.25) is 14.5 Å². The van der Waals surface area contributed by atoms with E-state index >= 15 is 0 Å². The van der Waals surface area contributed by atoms with E-state index in [1.807, 2.05) is 73.0 Å². The van der Waals surface area contributed by atoms with E-state index in [4.69, 9.17) is 0 Å². The van der Waals surface area contributed by atoms with E-state index in [0.717, 1.165) is 34.3 Å². The lowest BCUT2D eigenvalue weighted by Crippen LogP contribution is -2.45. The first-order valence-electron chi connectivity index (χ1n) is 10.6. The molecule has 162 valence electrons. The lowest BCUT2D eigenvalue weighted by atomic mass is 10.1. The summed E-state index contributed by atoms with van der Waals surface area (Å²) in [4.78, 5) is 29.6. The molecular formula is C24H23N5O2S. The Labute approximate surface area is 189 Å². The summed E-state index contributed by atoms with van der Waals surface area (Å²) in [5, 5.41) is 13.4. The van der Waals surface area contributed by atoms with Gasteiger partial charge in [-0.05, 0) is 61.0 Å². The van der Waals surface area contributed by atoms with Crippen molar-refractivity contribution in [2.45, 2.75) is 38.4 Å². The number of nitrogens with one attached hydrogen (secondary N) is 1. The van der Waals surface area contributed by atoms with E-state index in [9.17, 15) is 9.59 Å². The molecule has 1 fully saturated rings. The van der Waals surface area contributed by atoms with Gasteiger partial charge in [0.1, 0.15) is 18.1 Å². The van der Waals surface area contributed by atoms with Crippen LogP contribution in [-0.4, -0.2) is 32.9 Å². The van der Waals surface area contributed by atoms with Gasteiger partial charge in [0.15, 0.2) is 0 Å². The third-order valence-electron chi connectivity index (χ3n) is 5.50. The fourth-order valence-electron chi connectivity index (χ4n) is 3.78. The lowest BCUT2D eigenvalue weighted by molar-refractivity contribution is -0.127. The van der Waals surface area contributed by atoms with Crippen molar-refractivity contribution in [3.8, 4) is 0 Å². The number of anilines is 1. The fraction of sp³-hybridized carbons (Fsp3) is 0.250. The molecule has 0 saturated heterocycles. The van der Waals surface area contributed by atoms with E-state index in [0.29, 0.717) is 5.69 Å². The highest BCUT2D eigenvalue weighted by molar-refractivity contribution is 7.10. The standard InChI is InChI=1S/C24H23N5O2S/c1-16-6-4-7-18(14-16)29(22(30)15-28-20-9-3-2-8-19(20)26-27-28)23(21-10-5-13-32-21)24(31)25-17-11-12-17/h2-10,13-14,17,23H,11-12,15H2,1H3,(H,25,31). The number of hydrogen-bond acceptors (Lipinski definition) is 5. The highest BCUT2D eigenvalue weighted by Crippen LogP contribution is 2.33. The summed E-state index contributed by atoms with van der Waals surface area (Å²) >= 11 is 1.47. The molecule has 2 aromatic heterocycles. The summed E-state index contributed by atoms with van der Waals surface area (Å²) in [7, 11) is 0. The predicted octanol–water partition coefficient (Wildman–Crippen LogP) is 3.85. The molecule has 1 atom stereocenters. The SMILES string of the molecule is Cc1cccc(N(C(=O)Cn2nnc3ccccc32)C(C(=O)NC2CC2)c2cccs2)c1. The van der Waals surface area contributed by atoms with Gasteiger partial charge >= 0.3 is 0 Å². The molecule has 0 aliphatic heterocycles. The number of benzene rings is 2. The highest BCUT2D eigenvalue weighted by atomic mass is 32.1. The van der Waals surface area contributed by atoms with Gasteiger partial charge in [0, 0.05) is 16.6 Å². The monoisotopic (exact) mass is 445 g/mol. The Hall–Kier alpha value is -3.52. The zero-order chi connectivity index (χ0) is 22.1. The molecule has 1 aliphatic carbocycles. The van der Waals surface area contributed by atoms with Gasteiger partial charge in [-0.1, -0.05) is 35.5 Å². The molecule has 7 nitrogen and oxygen atoms in total. The maximum absolute atomic E-state index is 13.8. The van der Waals surface area contributed by atoms with E-state index in [1.165, 1.54) is 11.3 Å². The number of aryl methyl sites for hydroxylation is 1. The molecule has 1 N–H and O–H groups in total. The summed E-state index contributed by atoms with van der Waals surface area (Å²) in [5.41, 5.74) is 3.20. The van der Waals surface area contributed by atoms with Crippen LogP contribution in [0.5, 0.6) is 0 Å². The summed E-state index contributed by atoms with van der Waals surface area (Å²) in [6, 6.07) is 18.5. The van der Waals surface area contributed by atoms with E-state index in [-0.39, 0.29) is 24.4 Å². The molecule has 2 amide bonds. The number of thiophene rings is 1. The number of nitrogens with zero attached hydrogens (tertiary/aromatic N) is 4. The Kier molecular flexibility index (Phi) is 5.45. The van der Waals surface area contributed by atoms with Crippen molar-refractivity contribution in [1.29, 1.82) is 0 Å². The molecule has 1 saturated carbocycles. The Bertz CT molecular complexity index is 1260. The minimum atomic E-state index is -0.750. The molecule has 0 spiro atoms. The Morgan fingerprint density at radius 1 is 1.16 bits per heavy atom. The van der Waals surface area contributed by atoms with Crippen LogP contribution in [0.15, 0.2) is 66.0 Å². The Balaban J connectivity index is 1.55. The van der Waals surface area contributed by atoms with Gasteiger partial charge in [0.25, 0.3) is 0 Å². The van der Waals surface area contributed by atoms with Crippen molar-refractivity contribution in [1.82, 2.24) is 20.3 Å². The molecule has 0 bridgehead atoms. The molecule has 2 heterocycles. The lowest BCUT2D eigenvalue weighted by Gasteiger charge is -2.31. The van der Waals surface area contributed by atoms with Gasteiger partial charge in [-0.2, -0.15) is 0 Å². The van der Waals surface area contributed by atoms with E-state index < -0.39 is 6.04 Å². The molecule has 1 aliphatic rings. The first-order chi connectivity index (χ1) is 15.6. The third kappa shape index (κ3) is 4.13. The van der Waals surface area contributed by atoms with Crippen LogP contribution in [0.25, 0.3) is 11.0 Å². The number of carbonyl (C=O) groups is 2. The minimum absolute atomic E-state index is 0.0208. The van der Waals surface area contributed by atoms with Crippen LogP contribution in [0, 0.1) is 6.92 Å². The van der Waals surface area contributed by atoms with Crippen molar-refractivity contribution < 1.29 is 9.59 Å². The van der Waals surface area contributed by atoms with Gasteiger partial charge < -0.3 is 5.32 Å². The van der Waals surface area contributed by atoms with Gasteiger partial charge in [-0.15, -0.1) is 16.4 Å². The fourth-order valence-corrected chi connectivity index (χ4v) is 4.59. The second kappa shape index (κ2) is 8.55. The molecule has 2 aromatic carbocycles. The van der Waals surface area contributed by atoms with Crippen molar-refractivity contribution >= 4 is 39.9 Å². The van der Waals surface area contributed by atoms with Crippen LogP contribution in [0.4, 0.5) is 5.69 Å². The van der Waals surface area contributed by atoms with Crippen LogP contribution >= 0.6 is 11.3 Å². The minimum Gasteiger partial charge on any atom is -0.351 e. The van der Waals surface area contributed by atoms with Crippen LogP contribution in [0.1, 0.15) is 29.3 Å². The smallest absolute Gasteiger partial charge is 0.249 e. The molecule has 5 rings (SSSR count).